The molecule has 0 saturated carbocycles. The predicted octanol–water partition coefficient (Wildman–Crippen LogP) is 3.31. The van der Waals surface area contributed by atoms with E-state index in [1.165, 1.54) is 11.3 Å². The Hall–Kier alpha value is -1.82. The molecule has 118 valence electrons. The number of aryl methyl sites for hydroxylation is 1. The van der Waals surface area contributed by atoms with Gasteiger partial charge in [0.1, 0.15) is 0 Å². The SMILES string of the molecule is CCCn1c(=NC(=O)C(C)(C)C)sc2cc3c(cc21)OCO3. The quantitative estimate of drug-likeness (QED) is 0.853. The van der Waals surface area contributed by atoms with Gasteiger partial charge in [-0.2, -0.15) is 4.99 Å². The second-order valence-corrected chi connectivity index (χ2v) is 7.39. The van der Waals surface area contributed by atoms with Crippen LogP contribution < -0.4 is 14.3 Å². The summed E-state index contributed by atoms with van der Waals surface area (Å²) in [5, 5.41) is 0. The number of aromatic nitrogens is 1. The molecule has 0 unspecified atom stereocenters. The van der Waals surface area contributed by atoms with E-state index in [2.05, 4.69) is 16.5 Å². The van der Waals surface area contributed by atoms with Crippen molar-refractivity contribution in [1.82, 2.24) is 4.57 Å². The van der Waals surface area contributed by atoms with Gasteiger partial charge in [0, 0.05) is 24.1 Å². The second-order valence-electron chi connectivity index (χ2n) is 6.38. The number of benzene rings is 1. The summed E-state index contributed by atoms with van der Waals surface area (Å²) >= 11 is 1.51. The first-order valence-electron chi connectivity index (χ1n) is 7.42. The van der Waals surface area contributed by atoms with Crippen LogP contribution in [0.5, 0.6) is 11.5 Å². The van der Waals surface area contributed by atoms with Crippen LogP contribution in [-0.2, 0) is 11.3 Å². The summed E-state index contributed by atoms with van der Waals surface area (Å²) in [6.07, 6.45) is 0.969. The fraction of sp³-hybridized carbons (Fsp3) is 0.500. The van der Waals surface area contributed by atoms with Crippen LogP contribution in [0.15, 0.2) is 17.1 Å². The first-order valence-corrected chi connectivity index (χ1v) is 8.24. The lowest BCUT2D eigenvalue weighted by molar-refractivity contribution is -0.125. The number of ether oxygens (including phenoxy) is 2. The number of carbonyl (C=O) groups is 1. The van der Waals surface area contributed by atoms with Crippen molar-refractivity contribution in [1.29, 1.82) is 0 Å². The summed E-state index contributed by atoms with van der Waals surface area (Å²) in [6, 6.07) is 3.94. The van der Waals surface area contributed by atoms with Gasteiger partial charge in [0.25, 0.3) is 5.91 Å². The standard InChI is InChI=1S/C16H20N2O3S/c1-5-6-18-10-7-11-12(21-9-20-11)8-13(10)22-15(18)17-14(19)16(2,3)4/h7-8H,5-6,9H2,1-4H3. The molecular weight excluding hydrogens is 300 g/mol. The molecule has 0 saturated heterocycles. The molecule has 0 spiro atoms. The lowest BCUT2D eigenvalue weighted by Gasteiger charge is -2.11. The maximum absolute atomic E-state index is 12.2. The largest absolute Gasteiger partial charge is 0.454 e. The average Bonchev–Trinajstić information content (AvgIpc) is 3.01. The third-order valence-corrected chi connectivity index (χ3v) is 4.50. The van der Waals surface area contributed by atoms with Crippen molar-refractivity contribution in [2.45, 2.75) is 40.7 Å². The third-order valence-electron chi connectivity index (χ3n) is 3.46. The fourth-order valence-corrected chi connectivity index (χ4v) is 3.30. The van der Waals surface area contributed by atoms with Gasteiger partial charge in [-0.15, -0.1) is 0 Å². The molecule has 0 radical (unpaired) electrons. The number of amides is 1. The zero-order valence-corrected chi connectivity index (χ0v) is 14.1. The summed E-state index contributed by atoms with van der Waals surface area (Å²) in [4.78, 5) is 17.3. The van der Waals surface area contributed by atoms with Gasteiger partial charge in [-0.1, -0.05) is 39.0 Å². The number of fused-ring (bicyclic) bond motifs is 2. The van der Waals surface area contributed by atoms with Crippen molar-refractivity contribution in [2.24, 2.45) is 10.4 Å². The molecule has 1 amide bonds. The van der Waals surface area contributed by atoms with Crippen molar-refractivity contribution < 1.29 is 14.3 Å². The minimum Gasteiger partial charge on any atom is -0.454 e. The van der Waals surface area contributed by atoms with E-state index < -0.39 is 5.41 Å². The Morgan fingerprint density at radius 2 is 2.00 bits per heavy atom. The minimum absolute atomic E-state index is 0.107. The van der Waals surface area contributed by atoms with Crippen molar-refractivity contribution >= 4 is 27.5 Å². The van der Waals surface area contributed by atoms with Crippen molar-refractivity contribution in [2.75, 3.05) is 6.79 Å². The lowest BCUT2D eigenvalue weighted by atomic mass is 9.96. The molecule has 3 rings (SSSR count). The first-order chi connectivity index (χ1) is 10.4. The number of thiazole rings is 1. The Morgan fingerprint density at radius 1 is 1.32 bits per heavy atom. The highest BCUT2D eigenvalue weighted by molar-refractivity contribution is 7.16. The molecule has 1 aliphatic rings. The summed E-state index contributed by atoms with van der Waals surface area (Å²) in [6.45, 7) is 8.83. The summed E-state index contributed by atoms with van der Waals surface area (Å²) in [5.74, 6) is 1.40. The van der Waals surface area contributed by atoms with Gasteiger partial charge in [0.15, 0.2) is 16.3 Å². The average molecular weight is 320 g/mol. The normalized spacial score (nSPS) is 14.8. The fourth-order valence-electron chi connectivity index (χ4n) is 2.24. The van der Waals surface area contributed by atoms with Gasteiger partial charge in [-0.05, 0) is 6.42 Å². The summed E-state index contributed by atoms with van der Waals surface area (Å²) in [7, 11) is 0. The molecule has 6 heteroatoms. The van der Waals surface area contributed by atoms with Gasteiger partial charge in [-0.3, -0.25) is 4.79 Å². The molecule has 2 aromatic rings. The van der Waals surface area contributed by atoms with E-state index in [9.17, 15) is 4.79 Å². The Bertz CT molecular complexity index is 796. The van der Waals surface area contributed by atoms with Crippen LogP contribution in [-0.4, -0.2) is 17.3 Å². The maximum Gasteiger partial charge on any atom is 0.253 e. The Balaban J connectivity index is 2.20. The molecule has 0 fully saturated rings. The smallest absolute Gasteiger partial charge is 0.253 e. The first kappa shape index (κ1) is 15.1. The number of carbonyl (C=O) groups excluding carboxylic acids is 1. The van der Waals surface area contributed by atoms with Crippen LogP contribution in [0.25, 0.3) is 10.2 Å². The van der Waals surface area contributed by atoms with E-state index in [1.54, 1.807) is 0 Å². The number of nitrogens with zero attached hydrogens (tertiary/aromatic N) is 2. The van der Waals surface area contributed by atoms with Crippen LogP contribution in [0.4, 0.5) is 0 Å². The zero-order chi connectivity index (χ0) is 15.9. The highest BCUT2D eigenvalue weighted by Crippen LogP contribution is 2.37. The Labute approximate surface area is 133 Å². The van der Waals surface area contributed by atoms with Crippen molar-refractivity contribution in [3.8, 4) is 11.5 Å². The highest BCUT2D eigenvalue weighted by atomic mass is 32.1. The Morgan fingerprint density at radius 3 is 2.64 bits per heavy atom. The number of rotatable bonds is 2. The zero-order valence-electron chi connectivity index (χ0n) is 13.3. The third kappa shape index (κ3) is 2.63. The molecule has 0 aliphatic carbocycles. The molecule has 1 aromatic heterocycles. The molecule has 1 aliphatic heterocycles. The molecule has 2 heterocycles. The van der Waals surface area contributed by atoms with Gasteiger partial charge < -0.3 is 14.0 Å². The van der Waals surface area contributed by atoms with Gasteiger partial charge >= 0.3 is 0 Å². The van der Waals surface area contributed by atoms with Crippen LogP contribution in [0, 0.1) is 5.41 Å². The van der Waals surface area contributed by atoms with Crippen molar-refractivity contribution in [3.05, 3.63) is 16.9 Å². The number of hydrogen-bond acceptors (Lipinski definition) is 4. The van der Waals surface area contributed by atoms with Crippen LogP contribution in [0.3, 0.4) is 0 Å². The monoisotopic (exact) mass is 320 g/mol. The number of hydrogen-bond donors (Lipinski definition) is 0. The van der Waals surface area contributed by atoms with E-state index in [0.717, 1.165) is 39.5 Å². The van der Waals surface area contributed by atoms with Crippen LogP contribution in [0.1, 0.15) is 34.1 Å². The second kappa shape index (κ2) is 5.43. The lowest BCUT2D eigenvalue weighted by Crippen LogP contribution is -2.23. The highest BCUT2D eigenvalue weighted by Gasteiger charge is 2.22. The van der Waals surface area contributed by atoms with Crippen LogP contribution in [0.2, 0.25) is 0 Å². The molecule has 1 aromatic carbocycles. The molecule has 5 nitrogen and oxygen atoms in total. The molecule has 0 bridgehead atoms. The minimum atomic E-state index is -0.478. The van der Waals surface area contributed by atoms with E-state index in [1.807, 2.05) is 32.9 Å². The van der Waals surface area contributed by atoms with E-state index >= 15 is 0 Å². The topological polar surface area (TPSA) is 52.8 Å². The van der Waals surface area contributed by atoms with Gasteiger partial charge in [0.05, 0.1) is 10.2 Å². The van der Waals surface area contributed by atoms with Crippen molar-refractivity contribution in [3.63, 3.8) is 0 Å². The van der Waals surface area contributed by atoms with Gasteiger partial charge in [0.2, 0.25) is 6.79 Å². The van der Waals surface area contributed by atoms with E-state index in [4.69, 9.17) is 9.47 Å². The molecule has 22 heavy (non-hydrogen) atoms. The molecule has 0 N–H and O–H groups in total. The summed E-state index contributed by atoms with van der Waals surface area (Å²) in [5.41, 5.74) is 0.561. The maximum atomic E-state index is 12.2. The van der Waals surface area contributed by atoms with E-state index in [-0.39, 0.29) is 12.7 Å². The molecule has 0 atom stereocenters. The van der Waals surface area contributed by atoms with Gasteiger partial charge in [-0.25, -0.2) is 0 Å². The summed E-state index contributed by atoms with van der Waals surface area (Å²) < 4.78 is 14.0. The predicted molar refractivity (Wildman–Crippen MR) is 86.3 cm³/mol. The van der Waals surface area contributed by atoms with Crippen LogP contribution >= 0.6 is 11.3 Å². The molecular formula is C16H20N2O3S. The van der Waals surface area contributed by atoms with E-state index in [0.29, 0.717) is 0 Å². The Kier molecular flexibility index (Phi) is 3.72.